The zero-order valence-electron chi connectivity index (χ0n) is 14.5. The molecular formula is C14H31O5PSi. The fraction of sp³-hybridized carbons (Fsp3) is 0.857. The highest BCUT2D eigenvalue weighted by Gasteiger charge is 2.36. The van der Waals surface area contributed by atoms with Gasteiger partial charge in [0.05, 0.1) is 26.4 Å². The van der Waals surface area contributed by atoms with Crippen LogP contribution in [0.2, 0.25) is 18.1 Å². The van der Waals surface area contributed by atoms with E-state index in [1.165, 1.54) is 0 Å². The number of phosphoric ester groups is 1. The Morgan fingerprint density at radius 1 is 0.952 bits per heavy atom. The summed E-state index contributed by atoms with van der Waals surface area (Å²) in [4.78, 5) is 0. The summed E-state index contributed by atoms with van der Waals surface area (Å²) in [5.41, 5.74) is 0. The summed E-state index contributed by atoms with van der Waals surface area (Å²) in [6.45, 7) is 15.8. The molecule has 0 heterocycles. The molecule has 21 heavy (non-hydrogen) atoms. The minimum Gasteiger partial charge on any atom is -0.413 e. The maximum absolute atomic E-state index is 12.0. The molecule has 0 aliphatic carbocycles. The van der Waals surface area contributed by atoms with Crippen LogP contribution in [0.3, 0.4) is 0 Å². The van der Waals surface area contributed by atoms with E-state index in [9.17, 15) is 4.57 Å². The van der Waals surface area contributed by atoms with E-state index in [4.69, 9.17) is 18.0 Å². The van der Waals surface area contributed by atoms with Gasteiger partial charge in [0.2, 0.25) is 0 Å². The quantitative estimate of drug-likeness (QED) is 0.326. The van der Waals surface area contributed by atoms with E-state index in [0.29, 0.717) is 6.61 Å². The topological polar surface area (TPSA) is 54.0 Å². The predicted octanol–water partition coefficient (Wildman–Crippen LogP) is 4.76. The van der Waals surface area contributed by atoms with Crippen LogP contribution in [0.5, 0.6) is 0 Å². The van der Waals surface area contributed by atoms with Gasteiger partial charge in [-0.1, -0.05) is 32.9 Å². The van der Waals surface area contributed by atoms with E-state index in [0.717, 1.165) is 0 Å². The minimum atomic E-state index is -3.41. The second kappa shape index (κ2) is 9.23. The highest BCUT2D eigenvalue weighted by molar-refractivity contribution is 7.48. The number of phosphoric acid groups is 1. The summed E-state index contributed by atoms with van der Waals surface area (Å²) in [5.74, 6) is 0. The van der Waals surface area contributed by atoms with Crippen LogP contribution in [-0.4, -0.2) is 34.7 Å². The van der Waals surface area contributed by atoms with Gasteiger partial charge in [-0.05, 0) is 32.0 Å². The van der Waals surface area contributed by atoms with Gasteiger partial charge < -0.3 is 4.43 Å². The van der Waals surface area contributed by atoms with Crippen molar-refractivity contribution in [2.75, 3.05) is 26.4 Å². The van der Waals surface area contributed by atoms with Gasteiger partial charge in [-0.25, -0.2) is 4.57 Å². The maximum Gasteiger partial charge on any atom is 0.475 e. The average Bonchev–Trinajstić information content (AvgIpc) is 2.32. The van der Waals surface area contributed by atoms with Crippen LogP contribution in [0.1, 0.15) is 34.6 Å². The molecule has 0 amide bonds. The van der Waals surface area contributed by atoms with Crippen molar-refractivity contribution in [3.05, 3.63) is 12.2 Å². The van der Waals surface area contributed by atoms with Crippen LogP contribution in [-0.2, 0) is 22.6 Å². The monoisotopic (exact) mass is 338 g/mol. The van der Waals surface area contributed by atoms with Crippen LogP contribution in [0.4, 0.5) is 0 Å². The molecule has 0 aromatic rings. The molecule has 126 valence electrons. The van der Waals surface area contributed by atoms with Gasteiger partial charge in [0.15, 0.2) is 8.32 Å². The Bertz CT molecular complexity index is 353. The number of hydrogen-bond donors (Lipinski definition) is 0. The predicted molar refractivity (Wildman–Crippen MR) is 89.1 cm³/mol. The molecule has 0 atom stereocenters. The van der Waals surface area contributed by atoms with Crippen molar-refractivity contribution in [1.29, 1.82) is 0 Å². The summed E-state index contributed by atoms with van der Waals surface area (Å²) in [6, 6.07) is 0. The standard InChI is InChI=1S/C14H31O5PSi/c1-8-16-20(15,17-9-2)18-12-10-11-13-19-21(6,7)14(3,4)5/h10-11H,8-9,12-13H2,1-7H3/b11-10-. The van der Waals surface area contributed by atoms with Crippen LogP contribution in [0.25, 0.3) is 0 Å². The third-order valence-electron chi connectivity index (χ3n) is 3.42. The lowest BCUT2D eigenvalue weighted by molar-refractivity contribution is 0.131. The number of hydrogen-bond acceptors (Lipinski definition) is 5. The first-order valence-corrected chi connectivity index (χ1v) is 11.8. The fourth-order valence-electron chi connectivity index (χ4n) is 1.17. The van der Waals surface area contributed by atoms with Gasteiger partial charge >= 0.3 is 7.82 Å². The molecule has 0 aromatic heterocycles. The molecule has 0 aliphatic rings. The lowest BCUT2D eigenvalue weighted by atomic mass is 10.2. The van der Waals surface area contributed by atoms with E-state index < -0.39 is 16.1 Å². The first-order valence-electron chi connectivity index (χ1n) is 7.40. The first-order chi connectivity index (χ1) is 9.58. The average molecular weight is 338 g/mol. The van der Waals surface area contributed by atoms with Gasteiger partial charge in [0.1, 0.15) is 0 Å². The summed E-state index contributed by atoms with van der Waals surface area (Å²) in [5, 5.41) is 0.191. The van der Waals surface area contributed by atoms with Gasteiger partial charge in [-0.15, -0.1) is 0 Å². The van der Waals surface area contributed by atoms with E-state index >= 15 is 0 Å². The van der Waals surface area contributed by atoms with E-state index in [1.54, 1.807) is 19.9 Å². The SMILES string of the molecule is CCOP(=O)(OCC)OC/C=C\CO[Si](C)(C)C(C)(C)C. The molecule has 0 fully saturated rings. The van der Waals surface area contributed by atoms with E-state index in [-0.39, 0.29) is 24.9 Å². The third-order valence-corrected chi connectivity index (χ3v) is 9.53. The summed E-state index contributed by atoms with van der Waals surface area (Å²) < 4.78 is 33.2. The molecule has 0 aromatic carbocycles. The summed E-state index contributed by atoms with van der Waals surface area (Å²) in [6.07, 6.45) is 3.65. The van der Waals surface area contributed by atoms with Crippen molar-refractivity contribution in [2.24, 2.45) is 0 Å². The largest absolute Gasteiger partial charge is 0.475 e. The van der Waals surface area contributed by atoms with Gasteiger partial charge in [-0.2, -0.15) is 0 Å². The second-order valence-corrected chi connectivity index (χ2v) is 12.6. The van der Waals surface area contributed by atoms with Crippen LogP contribution in [0.15, 0.2) is 12.2 Å². The fourth-order valence-corrected chi connectivity index (χ4v) is 3.24. The van der Waals surface area contributed by atoms with Crippen LogP contribution < -0.4 is 0 Å². The third kappa shape index (κ3) is 8.29. The van der Waals surface area contributed by atoms with Crippen LogP contribution >= 0.6 is 7.82 Å². The van der Waals surface area contributed by atoms with Crippen molar-refractivity contribution in [1.82, 2.24) is 0 Å². The van der Waals surface area contributed by atoms with Crippen molar-refractivity contribution in [2.45, 2.75) is 52.8 Å². The maximum atomic E-state index is 12.0. The van der Waals surface area contributed by atoms with Crippen molar-refractivity contribution < 1.29 is 22.6 Å². The summed E-state index contributed by atoms with van der Waals surface area (Å²) >= 11 is 0. The highest BCUT2D eigenvalue weighted by Crippen LogP contribution is 2.49. The minimum absolute atomic E-state index is 0.179. The van der Waals surface area contributed by atoms with E-state index in [1.807, 2.05) is 6.08 Å². The van der Waals surface area contributed by atoms with E-state index in [2.05, 4.69) is 33.9 Å². The Kier molecular flexibility index (Phi) is 9.24. The second-order valence-electron chi connectivity index (χ2n) is 6.12. The molecule has 0 bridgehead atoms. The van der Waals surface area contributed by atoms with Gasteiger partial charge in [0, 0.05) is 0 Å². The van der Waals surface area contributed by atoms with Gasteiger partial charge in [0.25, 0.3) is 0 Å². The molecule has 5 nitrogen and oxygen atoms in total. The van der Waals surface area contributed by atoms with Gasteiger partial charge in [-0.3, -0.25) is 13.6 Å². The number of rotatable bonds is 10. The lowest BCUT2D eigenvalue weighted by Gasteiger charge is -2.35. The van der Waals surface area contributed by atoms with Crippen molar-refractivity contribution >= 4 is 16.1 Å². The molecule has 0 N–H and O–H groups in total. The summed E-state index contributed by atoms with van der Waals surface area (Å²) in [7, 11) is -5.13. The highest BCUT2D eigenvalue weighted by atomic mass is 31.2. The van der Waals surface area contributed by atoms with Crippen LogP contribution in [0, 0.1) is 0 Å². The Balaban J connectivity index is 4.16. The molecule has 7 heteroatoms. The molecule has 0 saturated carbocycles. The lowest BCUT2D eigenvalue weighted by Crippen LogP contribution is -2.40. The molecular weight excluding hydrogens is 307 g/mol. The Labute approximate surface area is 130 Å². The molecule has 0 radical (unpaired) electrons. The zero-order chi connectivity index (χ0) is 16.6. The molecule has 0 aliphatic heterocycles. The molecule has 0 unspecified atom stereocenters. The molecule has 0 rings (SSSR count). The Morgan fingerprint density at radius 3 is 1.86 bits per heavy atom. The Hall–Kier alpha value is 0.0269. The first kappa shape index (κ1) is 21.0. The smallest absolute Gasteiger partial charge is 0.413 e. The van der Waals surface area contributed by atoms with Crippen molar-refractivity contribution in [3.63, 3.8) is 0 Å². The van der Waals surface area contributed by atoms with Crippen molar-refractivity contribution in [3.8, 4) is 0 Å². The molecule has 0 spiro atoms. The molecule has 0 saturated heterocycles. The normalized spacial score (nSPS) is 14.0. The zero-order valence-corrected chi connectivity index (χ0v) is 16.4. The Morgan fingerprint density at radius 2 is 1.43 bits per heavy atom.